The van der Waals surface area contributed by atoms with Crippen molar-refractivity contribution in [3.05, 3.63) is 69.6 Å². The number of aromatic nitrogens is 2. The standard InChI is InChI=1S/C26H31ClN4O5S/c1-18(2)37(33)30-10-8-29(9-11-30)24-16-28-31(21-7-5-6-20(27)14-21)26(32)25(24)36-17-19-12-22(34-3)15-23(13-19)35-4/h5-7,12-16,18H,8-11,17H2,1-4H3/t37-/m1/s1. The molecule has 0 amide bonds. The summed E-state index contributed by atoms with van der Waals surface area (Å²) in [5, 5.41) is 4.97. The number of methoxy groups -OCH3 is 2. The van der Waals surface area contributed by atoms with Crippen LogP contribution >= 0.6 is 11.6 Å². The molecule has 1 fully saturated rings. The van der Waals surface area contributed by atoms with Crippen LogP contribution in [0.5, 0.6) is 17.2 Å². The van der Waals surface area contributed by atoms with E-state index in [9.17, 15) is 9.35 Å². The van der Waals surface area contributed by atoms with Crippen LogP contribution in [0.15, 0.2) is 53.5 Å². The second-order valence-electron chi connectivity index (χ2n) is 8.81. The Morgan fingerprint density at radius 2 is 1.73 bits per heavy atom. The van der Waals surface area contributed by atoms with Crippen molar-refractivity contribution in [2.75, 3.05) is 45.3 Å². The van der Waals surface area contributed by atoms with Gasteiger partial charge in [-0.3, -0.25) is 4.79 Å². The molecule has 1 aliphatic heterocycles. The van der Waals surface area contributed by atoms with Crippen LogP contribution in [0, 0.1) is 0 Å². The van der Waals surface area contributed by atoms with Gasteiger partial charge in [0.15, 0.2) is 0 Å². The van der Waals surface area contributed by atoms with Crippen molar-refractivity contribution in [3.8, 4) is 22.9 Å². The average Bonchev–Trinajstić information content (AvgIpc) is 2.91. The molecule has 37 heavy (non-hydrogen) atoms. The molecule has 9 nitrogen and oxygen atoms in total. The second kappa shape index (κ2) is 12.1. The highest BCUT2D eigenvalue weighted by atomic mass is 35.5. The summed E-state index contributed by atoms with van der Waals surface area (Å²) in [6.07, 6.45) is 1.64. The first-order chi connectivity index (χ1) is 17.8. The van der Waals surface area contributed by atoms with Gasteiger partial charge in [-0.2, -0.15) is 9.78 Å². The molecule has 4 rings (SSSR count). The van der Waals surface area contributed by atoms with Crippen LogP contribution < -0.4 is 24.7 Å². The van der Waals surface area contributed by atoms with E-state index >= 15 is 0 Å². The summed E-state index contributed by atoms with van der Waals surface area (Å²) in [7, 11) is 3.16. The highest BCUT2D eigenvalue weighted by molar-refractivity contribution is 7.89. The van der Waals surface area contributed by atoms with E-state index in [1.54, 1.807) is 50.7 Å². The monoisotopic (exact) mass is 546 g/mol. The summed E-state index contributed by atoms with van der Waals surface area (Å²) >= 11 is 5.12. The van der Waals surface area contributed by atoms with Crippen LogP contribution in [0.25, 0.3) is 5.69 Å². The molecule has 0 aliphatic carbocycles. The SMILES string of the molecule is COc1cc(COc2c(N3CCN([S@+]([O-])C(C)C)CC3)cnn(-c3cccc(Cl)c3)c2=O)cc(OC)c1. The van der Waals surface area contributed by atoms with E-state index < -0.39 is 16.9 Å². The Labute approximate surface area is 224 Å². The van der Waals surface area contributed by atoms with Crippen molar-refractivity contribution >= 4 is 28.7 Å². The molecule has 0 unspecified atom stereocenters. The maximum absolute atomic E-state index is 13.7. The van der Waals surface area contributed by atoms with Crippen LogP contribution in [0.2, 0.25) is 5.02 Å². The van der Waals surface area contributed by atoms with Gasteiger partial charge in [-0.15, -0.1) is 4.31 Å². The number of halogens is 1. The van der Waals surface area contributed by atoms with Gasteiger partial charge in [-0.05, 0) is 49.7 Å². The Morgan fingerprint density at radius 1 is 1.05 bits per heavy atom. The number of rotatable bonds is 9. The number of benzene rings is 2. The highest BCUT2D eigenvalue weighted by Gasteiger charge is 2.30. The van der Waals surface area contributed by atoms with Crippen LogP contribution in [0.3, 0.4) is 0 Å². The lowest BCUT2D eigenvalue weighted by Crippen LogP contribution is -2.50. The van der Waals surface area contributed by atoms with Gasteiger partial charge in [0.05, 0.1) is 39.2 Å². The maximum atomic E-state index is 13.7. The molecule has 11 heteroatoms. The third kappa shape index (κ3) is 6.32. The number of piperazine rings is 1. The Hall–Kier alpha value is -2.92. The van der Waals surface area contributed by atoms with E-state index in [1.807, 2.05) is 35.2 Å². The fraction of sp³-hybridized carbons (Fsp3) is 0.385. The van der Waals surface area contributed by atoms with Crippen molar-refractivity contribution in [1.82, 2.24) is 14.1 Å². The maximum Gasteiger partial charge on any atom is 0.316 e. The Kier molecular flexibility index (Phi) is 8.86. The first-order valence-corrected chi connectivity index (χ1v) is 13.5. The van der Waals surface area contributed by atoms with Crippen molar-refractivity contribution in [3.63, 3.8) is 0 Å². The predicted molar refractivity (Wildman–Crippen MR) is 146 cm³/mol. The van der Waals surface area contributed by atoms with E-state index in [0.29, 0.717) is 54.1 Å². The number of hydrogen-bond acceptors (Lipinski definition) is 8. The van der Waals surface area contributed by atoms with Gasteiger partial charge in [-0.25, -0.2) is 0 Å². The minimum absolute atomic E-state index is 0.0496. The quantitative estimate of drug-likeness (QED) is 0.375. The minimum atomic E-state index is -1.05. The van der Waals surface area contributed by atoms with E-state index in [-0.39, 0.29) is 17.6 Å². The van der Waals surface area contributed by atoms with Crippen LogP contribution in [-0.2, 0) is 18.0 Å². The van der Waals surface area contributed by atoms with Gasteiger partial charge in [0.2, 0.25) is 5.75 Å². The summed E-state index contributed by atoms with van der Waals surface area (Å²) in [5.41, 5.74) is 1.51. The second-order valence-corrected chi connectivity index (χ2v) is 11.3. The van der Waals surface area contributed by atoms with Gasteiger partial charge >= 0.3 is 5.56 Å². The van der Waals surface area contributed by atoms with Crippen molar-refractivity contribution in [2.24, 2.45) is 0 Å². The normalized spacial score (nSPS) is 15.1. The van der Waals surface area contributed by atoms with Gasteiger partial charge < -0.3 is 23.7 Å². The fourth-order valence-corrected chi connectivity index (χ4v) is 5.40. The summed E-state index contributed by atoms with van der Waals surface area (Å²) in [6.45, 7) is 6.40. The lowest BCUT2D eigenvalue weighted by atomic mass is 10.2. The number of anilines is 1. The molecule has 198 valence electrons. The fourth-order valence-electron chi connectivity index (χ4n) is 4.09. The minimum Gasteiger partial charge on any atom is -0.598 e. The molecule has 1 saturated heterocycles. The van der Waals surface area contributed by atoms with Gasteiger partial charge in [0.1, 0.15) is 29.0 Å². The zero-order chi connectivity index (χ0) is 26.5. The predicted octanol–water partition coefficient (Wildman–Crippen LogP) is 3.68. The topological polar surface area (TPSA) is 92.1 Å². The third-order valence-corrected chi connectivity index (χ3v) is 7.91. The highest BCUT2D eigenvalue weighted by Crippen LogP contribution is 2.29. The molecule has 1 aliphatic rings. The van der Waals surface area contributed by atoms with E-state index in [4.69, 9.17) is 25.8 Å². The molecule has 0 N–H and O–H groups in total. The summed E-state index contributed by atoms with van der Waals surface area (Å²) < 4.78 is 32.7. The lowest BCUT2D eigenvalue weighted by molar-refractivity contribution is 0.295. The molecule has 0 bridgehead atoms. The van der Waals surface area contributed by atoms with Crippen molar-refractivity contribution in [2.45, 2.75) is 25.7 Å². The zero-order valence-corrected chi connectivity index (χ0v) is 22.9. The molecule has 1 atom stereocenters. The Balaban J connectivity index is 1.67. The molecule has 2 heterocycles. The third-order valence-electron chi connectivity index (χ3n) is 6.00. The number of nitrogens with zero attached hydrogens (tertiary/aromatic N) is 4. The molecular formula is C26H31ClN4O5S. The summed E-state index contributed by atoms with van der Waals surface area (Å²) in [5.74, 6) is 1.42. The summed E-state index contributed by atoms with van der Waals surface area (Å²) in [4.78, 5) is 15.7. The molecule has 0 saturated carbocycles. The van der Waals surface area contributed by atoms with Gasteiger partial charge in [0, 0.05) is 35.5 Å². The van der Waals surface area contributed by atoms with E-state index in [2.05, 4.69) is 5.10 Å². The summed E-state index contributed by atoms with van der Waals surface area (Å²) in [6, 6.07) is 12.4. The van der Waals surface area contributed by atoms with Crippen LogP contribution in [-0.4, -0.2) is 64.3 Å². The lowest BCUT2D eigenvalue weighted by Gasteiger charge is -2.36. The van der Waals surface area contributed by atoms with Gasteiger partial charge in [-0.1, -0.05) is 17.7 Å². The molecular weight excluding hydrogens is 516 g/mol. The molecule has 2 aromatic carbocycles. The first kappa shape index (κ1) is 27.1. The first-order valence-electron chi connectivity index (χ1n) is 11.9. The van der Waals surface area contributed by atoms with Crippen LogP contribution in [0.1, 0.15) is 19.4 Å². The average molecular weight is 547 g/mol. The number of hydrogen-bond donors (Lipinski definition) is 0. The molecule has 0 spiro atoms. The zero-order valence-electron chi connectivity index (χ0n) is 21.3. The van der Waals surface area contributed by atoms with Crippen LogP contribution in [0.4, 0.5) is 5.69 Å². The molecule has 0 radical (unpaired) electrons. The van der Waals surface area contributed by atoms with E-state index in [0.717, 1.165) is 5.56 Å². The Morgan fingerprint density at radius 3 is 2.32 bits per heavy atom. The number of ether oxygens (including phenoxy) is 3. The van der Waals surface area contributed by atoms with Crippen molar-refractivity contribution < 1.29 is 18.8 Å². The smallest absolute Gasteiger partial charge is 0.316 e. The molecule has 1 aromatic heterocycles. The van der Waals surface area contributed by atoms with Gasteiger partial charge in [0.25, 0.3) is 0 Å². The largest absolute Gasteiger partial charge is 0.598 e. The Bertz CT molecular complexity index is 1260. The van der Waals surface area contributed by atoms with E-state index in [1.165, 1.54) is 4.68 Å². The van der Waals surface area contributed by atoms with Crippen molar-refractivity contribution in [1.29, 1.82) is 0 Å². The molecule has 3 aromatic rings.